The molecular weight excluding hydrogens is 318 g/mol. The van der Waals surface area contributed by atoms with Gasteiger partial charge in [0.25, 0.3) is 5.91 Å². The summed E-state index contributed by atoms with van der Waals surface area (Å²) in [6, 6.07) is 9.64. The van der Waals surface area contributed by atoms with Crippen LogP contribution in [0.5, 0.6) is 0 Å². The number of amides is 2. The van der Waals surface area contributed by atoms with Gasteiger partial charge in [0.05, 0.1) is 0 Å². The molecule has 1 fully saturated rings. The molecule has 6 heteroatoms. The summed E-state index contributed by atoms with van der Waals surface area (Å²) in [6.45, 7) is 1.70. The van der Waals surface area contributed by atoms with Crippen molar-refractivity contribution in [3.8, 4) is 0 Å². The smallest absolute Gasteiger partial charge is 0.270 e. The Balaban J connectivity index is 1.74. The van der Waals surface area contributed by atoms with Gasteiger partial charge in [0.15, 0.2) is 0 Å². The summed E-state index contributed by atoms with van der Waals surface area (Å²) in [4.78, 5) is 29.7. The number of fused-ring (bicyclic) bond motifs is 1. The van der Waals surface area contributed by atoms with E-state index in [2.05, 4.69) is 10.3 Å². The first-order valence-electron chi connectivity index (χ1n) is 8.92. The normalized spacial score (nSPS) is 20.1. The molecule has 0 bridgehead atoms. The van der Waals surface area contributed by atoms with E-state index in [0.29, 0.717) is 31.7 Å². The lowest BCUT2D eigenvalue weighted by Gasteiger charge is -2.22. The van der Waals surface area contributed by atoms with Crippen LogP contribution in [0, 0.1) is 5.92 Å². The van der Waals surface area contributed by atoms with Crippen LogP contribution in [0.1, 0.15) is 36.2 Å². The van der Waals surface area contributed by atoms with Crippen molar-refractivity contribution in [2.45, 2.75) is 25.7 Å². The molecule has 2 amide bonds. The highest BCUT2D eigenvalue weighted by Gasteiger charge is 2.20. The van der Waals surface area contributed by atoms with E-state index < -0.39 is 0 Å². The average Bonchev–Trinajstić information content (AvgIpc) is 3.04. The fourth-order valence-electron chi connectivity index (χ4n) is 3.31. The van der Waals surface area contributed by atoms with Crippen LogP contribution >= 0.6 is 0 Å². The van der Waals surface area contributed by atoms with Gasteiger partial charge in [-0.25, -0.2) is 0 Å². The molecule has 1 saturated heterocycles. The van der Waals surface area contributed by atoms with Crippen LogP contribution in [-0.4, -0.2) is 53.0 Å². The number of carbonyl (C=O) groups excluding carboxylic acids is 2. The van der Waals surface area contributed by atoms with Gasteiger partial charge in [0, 0.05) is 43.6 Å². The topological polar surface area (TPSA) is 85.4 Å². The molecule has 1 aromatic heterocycles. The zero-order valence-electron chi connectivity index (χ0n) is 14.3. The molecule has 1 unspecified atom stereocenters. The molecule has 134 valence electrons. The van der Waals surface area contributed by atoms with Gasteiger partial charge in [0.1, 0.15) is 5.69 Å². The van der Waals surface area contributed by atoms with E-state index in [-0.39, 0.29) is 24.3 Å². The second kappa shape index (κ2) is 8.16. The molecule has 2 heterocycles. The van der Waals surface area contributed by atoms with Crippen LogP contribution in [0.25, 0.3) is 10.9 Å². The van der Waals surface area contributed by atoms with Crippen molar-refractivity contribution in [1.29, 1.82) is 0 Å². The highest BCUT2D eigenvalue weighted by Crippen LogP contribution is 2.18. The Kier molecular flexibility index (Phi) is 5.71. The SMILES string of the molecule is O=C1CCN(C(=O)c2cc3ccccc3[nH]2)CCCC(CO)CCN1. The van der Waals surface area contributed by atoms with Crippen LogP contribution < -0.4 is 5.32 Å². The second-order valence-corrected chi connectivity index (χ2v) is 6.64. The summed E-state index contributed by atoms with van der Waals surface area (Å²) in [6.07, 6.45) is 2.75. The largest absolute Gasteiger partial charge is 0.396 e. The molecule has 3 rings (SSSR count). The number of aliphatic hydroxyl groups excluding tert-OH is 1. The van der Waals surface area contributed by atoms with Crippen molar-refractivity contribution in [2.24, 2.45) is 5.92 Å². The number of aromatic amines is 1. The Labute approximate surface area is 147 Å². The van der Waals surface area contributed by atoms with Gasteiger partial charge in [-0.1, -0.05) is 18.2 Å². The summed E-state index contributed by atoms with van der Waals surface area (Å²) in [5, 5.41) is 13.3. The highest BCUT2D eigenvalue weighted by molar-refractivity contribution is 5.98. The number of hydrogen-bond donors (Lipinski definition) is 3. The summed E-state index contributed by atoms with van der Waals surface area (Å²) in [5.74, 6) is 0.0419. The van der Waals surface area contributed by atoms with E-state index >= 15 is 0 Å². The molecule has 0 spiro atoms. The lowest BCUT2D eigenvalue weighted by Crippen LogP contribution is -2.36. The van der Waals surface area contributed by atoms with Crippen molar-refractivity contribution in [1.82, 2.24) is 15.2 Å². The Morgan fingerprint density at radius 3 is 2.88 bits per heavy atom. The summed E-state index contributed by atoms with van der Waals surface area (Å²) in [7, 11) is 0. The minimum Gasteiger partial charge on any atom is -0.396 e. The molecular formula is C19H25N3O3. The van der Waals surface area contributed by atoms with Crippen molar-refractivity contribution in [3.05, 3.63) is 36.0 Å². The van der Waals surface area contributed by atoms with E-state index in [4.69, 9.17) is 0 Å². The van der Waals surface area contributed by atoms with Gasteiger partial charge in [-0.05, 0) is 37.3 Å². The predicted molar refractivity (Wildman–Crippen MR) is 96.3 cm³/mol. The van der Waals surface area contributed by atoms with E-state index in [9.17, 15) is 14.7 Å². The number of carbonyl (C=O) groups is 2. The van der Waals surface area contributed by atoms with E-state index in [1.165, 1.54) is 0 Å². The molecule has 1 atom stereocenters. The highest BCUT2D eigenvalue weighted by atomic mass is 16.3. The maximum Gasteiger partial charge on any atom is 0.270 e. The number of benzene rings is 1. The van der Waals surface area contributed by atoms with Crippen LogP contribution in [0.4, 0.5) is 0 Å². The molecule has 0 saturated carbocycles. The first-order chi connectivity index (χ1) is 12.2. The number of hydrogen-bond acceptors (Lipinski definition) is 3. The minimum atomic E-state index is -0.0798. The monoisotopic (exact) mass is 343 g/mol. The maximum absolute atomic E-state index is 12.9. The standard InChI is InChI=1S/C19H25N3O3/c23-13-14-4-3-10-22(11-8-18(24)20-9-7-14)19(25)17-12-15-5-1-2-6-16(15)21-17/h1-2,5-6,12,14,21,23H,3-4,7-11,13H2,(H,20,24). The zero-order valence-corrected chi connectivity index (χ0v) is 14.3. The molecule has 6 nitrogen and oxygen atoms in total. The van der Waals surface area contributed by atoms with Crippen molar-refractivity contribution in [3.63, 3.8) is 0 Å². The van der Waals surface area contributed by atoms with Crippen molar-refractivity contribution in [2.75, 3.05) is 26.2 Å². The summed E-state index contributed by atoms with van der Waals surface area (Å²) in [5.41, 5.74) is 1.48. The third-order valence-corrected chi connectivity index (χ3v) is 4.83. The Hall–Kier alpha value is -2.34. The number of rotatable bonds is 2. The van der Waals surface area contributed by atoms with E-state index in [0.717, 1.165) is 30.2 Å². The summed E-state index contributed by atoms with van der Waals surface area (Å²) >= 11 is 0. The van der Waals surface area contributed by atoms with Gasteiger partial charge < -0.3 is 20.3 Å². The van der Waals surface area contributed by atoms with Crippen molar-refractivity contribution < 1.29 is 14.7 Å². The zero-order chi connectivity index (χ0) is 17.6. The molecule has 25 heavy (non-hydrogen) atoms. The van der Waals surface area contributed by atoms with Gasteiger partial charge >= 0.3 is 0 Å². The number of nitrogens with one attached hydrogen (secondary N) is 2. The Morgan fingerprint density at radius 2 is 2.08 bits per heavy atom. The molecule has 1 aliphatic heterocycles. The fraction of sp³-hybridized carbons (Fsp3) is 0.474. The number of H-pyrrole nitrogens is 1. The Bertz CT molecular complexity index is 707. The van der Waals surface area contributed by atoms with E-state index in [1.54, 1.807) is 4.90 Å². The quantitative estimate of drug-likeness (QED) is 0.779. The van der Waals surface area contributed by atoms with Crippen LogP contribution in [0.2, 0.25) is 0 Å². The lowest BCUT2D eigenvalue weighted by atomic mass is 10.0. The fourth-order valence-corrected chi connectivity index (χ4v) is 3.31. The van der Waals surface area contributed by atoms with Crippen LogP contribution in [-0.2, 0) is 4.79 Å². The minimum absolute atomic E-state index is 0.0481. The van der Waals surface area contributed by atoms with Gasteiger partial charge in [0.2, 0.25) is 5.91 Å². The van der Waals surface area contributed by atoms with Crippen molar-refractivity contribution >= 4 is 22.7 Å². The number of aromatic nitrogens is 1. The van der Waals surface area contributed by atoms with Crippen LogP contribution in [0.3, 0.4) is 0 Å². The molecule has 0 radical (unpaired) electrons. The van der Waals surface area contributed by atoms with E-state index in [1.807, 2.05) is 30.3 Å². The third-order valence-electron chi connectivity index (χ3n) is 4.83. The molecule has 1 aliphatic rings. The lowest BCUT2D eigenvalue weighted by molar-refractivity contribution is -0.121. The predicted octanol–water partition coefficient (Wildman–Crippen LogP) is 1.91. The number of nitrogens with zero attached hydrogens (tertiary/aromatic N) is 1. The molecule has 3 N–H and O–H groups in total. The summed E-state index contributed by atoms with van der Waals surface area (Å²) < 4.78 is 0. The maximum atomic E-state index is 12.9. The van der Waals surface area contributed by atoms with Crippen LogP contribution in [0.15, 0.2) is 30.3 Å². The molecule has 0 aliphatic carbocycles. The third kappa shape index (κ3) is 4.39. The van der Waals surface area contributed by atoms with Gasteiger partial charge in [-0.15, -0.1) is 0 Å². The molecule has 1 aromatic carbocycles. The average molecular weight is 343 g/mol. The second-order valence-electron chi connectivity index (χ2n) is 6.64. The van der Waals surface area contributed by atoms with Gasteiger partial charge in [-0.2, -0.15) is 0 Å². The number of para-hydroxylation sites is 1. The first-order valence-corrected chi connectivity index (χ1v) is 8.92. The number of aliphatic hydroxyl groups is 1. The van der Waals surface area contributed by atoms with Gasteiger partial charge in [-0.3, -0.25) is 9.59 Å². The molecule has 2 aromatic rings. The first kappa shape index (κ1) is 17.5. The Morgan fingerprint density at radius 1 is 1.24 bits per heavy atom.